The monoisotopic (exact) mass is 406 g/mol. The van der Waals surface area contributed by atoms with Crippen LogP contribution in [0.25, 0.3) is 5.65 Å². The fourth-order valence-electron chi connectivity index (χ4n) is 2.96. The molecule has 3 heterocycles. The van der Waals surface area contributed by atoms with E-state index in [0.717, 1.165) is 5.56 Å². The van der Waals surface area contributed by atoms with Crippen molar-refractivity contribution in [3.63, 3.8) is 0 Å². The van der Waals surface area contributed by atoms with Crippen LogP contribution in [-0.4, -0.2) is 28.7 Å². The summed E-state index contributed by atoms with van der Waals surface area (Å²) >= 11 is 6.15. The average Bonchev–Trinajstić information content (AvgIpc) is 2.97. The van der Waals surface area contributed by atoms with Gasteiger partial charge in [-0.25, -0.2) is 18.1 Å². The Balaban J connectivity index is 2.02. The number of aryl methyl sites for hydroxylation is 3. The van der Waals surface area contributed by atoms with Crippen LogP contribution in [0.2, 0.25) is 5.02 Å². The van der Waals surface area contributed by atoms with Crippen molar-refractivity contribution in [3.8, 4) is 0 Å². The van der Waals surface area contributed by atoms with Crippen molar-refractivity contribution in [2.24, 2.45) is 0 Å². The molecule has 9 heteroatoms. The topological polar surface area (TPSA) is 93.4 Å². The third kappa shape index (κ3) is 3.42. The van der Waals surface area contributed by atoms with Crippen LogP contribution >= 0.6 is 11.6 Å². The van der Waals surface area contributed by atoms with Gasteiger partial charge in [-0.2, -0.15) is 0 Å². The number of fused-ring (bicyclic) bond motifs is 1. The van der Waals surface area contributed by atoms with Crippen molar-refractivity contribution >= 4 is 33.2 Å². The van der Waals surface area contributed by atoms with Crippen LogP contribution in [-0.2, 0) is 10.0 Å². The number of pyridine rings is 2. The van der Waals surface area contributed by atoms with E-state index in [1.807, 2.05) is 6.92 Å². The van der Waals surface area contributed by atoms with E-state index in [9.17, 15) is 13.2 Å². The van der Waals surface area contributed by atoms with E-state index in [2.05, 4.69) is 14.7 Å². The lowest BCUT2D eigenvalue weighted by molar-refractivity contribution is 0.0977. The number of carbonyl (C=O) groups is 1. The predicted molar refractivity (Wildman–Crippen MR) is 103 cm³/mol. The molecule has 0 saturated heterocycles. The molecule has 0 bridgehead atoms. The van der Waals surface area contributed by atoms with Crippen LogP contribution in [0.5, 0.6) is 0 Å². The van der Waals surface area contributed by atoms with Crippen molar-refractivity contribution in [2.75, 3.05) is 0 Å². The SMILES string of the molecule is Cc1cc(Cl)c2nc(C(=O)NS(=O)(=O)c3c(C)c(C)nc(C)c3C)cn2c1. The number of rotatable bonds is 3. The molecule has 0 aliphatic carbocycles. The molecule has 0 saturated carbocycles. The molecule has 142 valence electrons. The van der Waals surface area contributed by atoms with Crippen molar-refractivity contribution in [1.29, 1.82) is 0 Å². The zero-order chi connectivity index (χ0) is 20.1. The summed E-state index contributed by atoms with van der Waals surface area (Å²) in [6, 6.07) is 1.72. The largest absolute Gasteiger partial charge is 0.305 e. The number of imidazole rings is 1. The zero-order valence-electron chi connectivity index (χ0n) is 15.6. The van der Waals surface area contributed by atoms with Crippen molar-refractivity contribution < 1.29 is 13.2 Å². The predicted octanol–water partition coefficient (Wildman–Crippen LogP) is 3.04. The number of nitrogens with zero attached hydrogens (tertiary/aromatic N) is 3. The third-order valence-corrected chi connectivity index (χ3v) is 6.36. The zero-order valence-corrected chi connectivity index (χ0v) is 17.2. The fraction of sp³-hybridized carbons (Fsp3) is 0.278. The Morgan fingerprint density at radius 3 is 2.22 bits per heavy atom. The maximum Gasteiger partial charge on any atom is 0.285 e. The van der Waals surface area contributed by atoms with Gasteiger partial charge < -0.3 is 4.40 Å². The van der Waals surface area contributed by atoms with E-state index in [-0.39, 0.29) is 10.6 Å². The highest BCUT2D eigenvalue weighted by atomic mass is 35.5. The van der Waals surface area contributed by atoms with Crippen LogP contribution in [0.1, 0.15) is 38.6 Å². The molecule has 1 N–H and O–H groups in total. The van der Waals surface area contributed by atoms with Crippen molar-refractivity contribution in [1.82, 2.24) is 19.1 Å². The number of carbonyl (C=O) groups excluding carboxylic acids is 1. The van der Waals surface area contributed by atoms with Gasteiger partial charge in [-0.3, -0.25) is 9.78 Å². The Morgan fingerprint density at radius 1 is 1.04 bits per heavy atom. The first-order valence-corrected chi connectivity index (χ1v) is 10.0. The molecular formula is C18H19ClN4O3S. The molecule has 3 aromatic heterocycles. The van der Waals surface area contributed by atoms with Crippen LogP contribution in [0.15, 0.2) is 23.4 Å². The number of hydrogen-bond donors (Lipinski definition) is 1. The molecule has 0 fully saturated rings. The van der Waals surface area contributed by atoms with E-state index >= 15 is 0 Å². The van der Waals surface area contributed by atoms with Gasteiger partial charge in [0, 0.05) is 23.8 Å². The molecule has 0 radical (unpaired) electrons. The minimum Gasteiger partial charge on any atom is -0.305 e. The molecule has 0 spiro atoms. The van der Waals surface area contributed by atoms with Crippen molar-refractivity contribution in [3.05, 3.63) is 57.3 Å². The van der Waals surface area contributed by atoms with Gasteiger partial charge >= 0.3 is 0 Å². The van der Waals surface area contributed by atoms with E-state index in [1.165, 1.54) is 6.20 Å². The van der Waals surface area contributed by atoms with Crippen LogP contribution in [0.3, 0.4) is 0 Å². The number of amides is 1. The van der Waals surface area contributed by atoms with E-state index in [4.69, 9.17) is 11.6 Å². The first-order chi connectivity index (χ1) is 12.5. The molecule has 3 rings (SSSR count). The minimum atomic E-state index is -4.09. The van der Waals surface area contributed by atoms with Gasteiger partial charge in [-0.1, -0.05) is 11.6 Å². The van der Waals surface area contributed by atoms with Gasteiger partial charge in [-0.15, -0.1) is 0 Å². The molecule has 0 unspecified atom stereocenters. The summed E-state index contributed by atoms with van der Waals surface area (Å²) in [4.78, 5) is 21.1. The number of sulfonamides is 1. The Bertz CT molecular complexity index is 1170. The summed E-state index contributed by atoms with van der Waals surface area (Å²) < 4.78 is 29.5. The average molecular weight is 407 g/mol. The van der Waals surface area contributed by atoms with Crippen molar-refractivity contribution in [2.45, 2.75) is 39.5 Å². The van der Waals surface area contributed by atoms with Gasteiger partial charge in [-0.05, 0) is 57.4 Å². The van der Waals surface area contributed by atoms with E-state index < -0.39 is 15.9 Å². The normalized spacial score (nSPS) is 11.8. The summed E-state index contributed by atoms with van der Waals surface area (Å²) in [5.41, 5.74) is 3.44. The highest BCUT2D eigenvalue weighted by molar-refractivity contribution is 7.90. The number of hydrogen-bond acceptors (Lipinski definition) is 5. The molecule has 7 nitrogen and oxygen atoms in total. The fourth-order valence-corrected chi connectivity index (χ4v) is 4.82. The van der Waals surface area contributed by atoms with Crippen LogP contribution in [0, 0.1) is 34.6 Å². The molecule has 3 aromatic rings. The van der Waals surface area contributed by atoms with Gasteiger partial charge in [0.25, 0.3) is 15.9 Å². The van der Waals surface area contributed by atoms with Gasteiger partial charge in [0.1, 0.15) is 5.69 Å². The number of halogens is 1. The Kier molecular flexibility index (Phi) is 4.73. The molecule has 0 aliphatic rings. The smallest absolute Gasteiger partial charge is 0.285 e. The lowest BCUT2D eigenvalue weighted by Crippen LogP contribution is -2.32. The van der Waals surface area contributed by atoms with Gasteiger partial charge in [0.2, 0.25) is 0 Å². The van der Waals surface area contributed by atoms with Gasteiger partial charge in [0.15, 0.2) is 5.65 Å². The molecule has 0 atom stereocenters. The maximum atomic E-state index is 12.9. The second kappa shape index (κ2) is 6.61. The molecule has 0 aromatic carbocycles. The lowest BCUT2D eigenvalue weighted by Gasteiger charge is -2.14. The summed E-state index contributed by atoms with van der Waals surface area (Å²) in [5.74, 6) is -0.821. The third-order valence-electron chi connectivity index (χ3n) is 4.47. The molecule has 27 heavy (non-hydrogen) atoms. The summed E-state index contributed by atoms with van der Waals surface area (Å²) in [6.45, 7) is 8.65. The van der Waals surface area contributed by atoms with Gasteiger partial charge in [0.05, 0.1) is 9.92 Å². The second-order valence-corrected chi connectivity index (χ2v) is 8.55. The van der Waals surface area contributed by atoms with E-state index in [0.29, 0.717) is 33.2 Å². The van der Waals surface area contributed by atoms with Crippen LogP contribution < -0.4 is 4.72 Å². The standard InChI is InChI=1S/C18H19ClN4O3S/c1-9-6-14(19)17-21-15(8-23(17)7-9)18(24)22-27(25,26)16-10(2)12(4)20-13(5)11(16)3/h6-8H,1-5H3,(H,22,24). The summed E-state index contributed by atoms with van der Waals surface area (Å²) in [5, 5.41) is 0.379. The second-order valence-electron chi connectivity index (χ2n) is 6.52. The van der Waals surface area contributed by atoms with E-state index in [1.54, 1.807) is 44.4 Å². The summed E-state index contributed by atoms with van der Waals surface area (Å²) in [7, 11) is -4.09. The summed E-state index contributed by atoms with van der Waals surface area (Å²) in [6.07, 6.45) is 3.20. The first kappa shape index (κ1) is 19.3. The highest BCUT2D eigenvalue weighted by Gasteiger charge is 2.26. The highest BCUT2D eigenvalue weighted by Crippen LogP contribution is 2.24. The lowest BCUT2D eigenvalue weighted by atomic mass is 10.1. The Morgan fingerprint density at radius 2 is 1.63 bits per heavy atom. The number of aromatic nitrogens is 3. The maximum absolute atomic E-state index is 12.9. The number of nitrogens with one attached hydrogen (secondary N) is 1. The first-order valence-electron chi connectivity index (χ1n) is 8.17. The quantitative estimate of drug-likeness (QED) is 0.721. The molecule has 0 aliphatic heterocycles. The molecule has 1 amide bonds. The molecular weight excluding hydrogens is 388 g/mol. The minimum absolute atomic E-state index is 0.0381. The van der Waals surface area contributed by atoms with Crippen LogP contribution in [0.4, 0.5) is 0 Å². The Hall–Kier alpha value is -2.45. The Labute approximate surface area is 162 Å².